The molecule has 1 rings (SSSR count). The molecule has 0 spiro atoms. The number of nitrogens with two attached hydrogens (primary N) is 1. The van der Waals surface area contributed by atoms with E-state index >= 15 is 0 Å². The molecule has 0 radical (unpaired) electrons. The van der Waals surface area contributed by atoms with Crippen molar-refractivity contribution >= 4 is 27.3 Å². The van der Waals surface area contributed by atoms with Crippen molar-refractivity contribution in [1.82, 2.24) is 4.90 Å². The highest BCUT2D eigenvalue weighted by Crippen LogP contribution is 2.24. The minimum Gasteiger partial charge on any atom is -0.330 e. The highest BCUT2D eigenvalue weighted by Gasteiger charge is 2.22. The van der Waals surface area contributed by atoms with Crippen molar-refractivity contribution in [3.63, 3.8) is 0 Å². The lowest BCUT2D eigenvalue weighted by Gasteiger charge is -2.35. The Morgan fingerprint density at radius 3 is 2.67 bits per heavy atom. The van der Waals surface area contributed by atoms with Gasteiger partial charge >= 0.3 is 0 Å². The summed E-state index contributed by atoms with van der Waals surface area (Å²) in [5.74, 6) is 0. The summed E-state index contributed by atoms with van der Waals surface area (Å²) in [5.41, 5.74) is 5.79. The Morgan fingerprint density at radius 2 is 2.20 bits per heavy atom. The van der Waals surface area contributed by atoms with Gasteiger partial charge in [0.15, 0.2) is 0 Å². The van der Waals surface area contributed by atoms with Crippen LogP contribution in [-0.2, 0) is 6.54 Å². The minimum absolute atomic E-state index is 0.172. The van der Waals surface area contributed by atoms with E-state index in [0.29, 0.717) is 0 Å². The molecule has 0 aliphatic heterocycles. The van der Waals surface area contributed by atoms with Gasteiger partial charge in [0, 0.05) is 26.8 Å². The van der Waals surface area contributed by atoms with Gasteiger partial charge in [0.2, 0.25) is 0 Å². The van der Waals surface area contributed by atoms with Crippen LogP contribution in [0.5, 0.6) is 0 Å². The van der Waals surface area contributed by atoms with E-state index in [-0.39, 0.29) is 5.54 Å². The third-order valence-corrected chi connectivity index (χ3v) is 4.49. The summed E-state index contributed by atoms with van der Waals surface area (Å²) in [6, 6.07) is 2.18. The van der Waals surface area contributed by atoms with E-state index in [2.05, 4.69) is 53.2 Å². The molecular formula is C11H19BrN2S. The average Bonchev–Trinajstić information content (AvgIpc) is 2.51. The average molecular weight is 291 g/mol. The molecule has 0 fully saturated rings. The van der Waals surface area contributed by atoms with E-state index in [4.69, 9.17) is 5.73 Å². The lowest BCUT2D eigenvalue weighted by Crippen LogP contribution is -2.41. The zero-order valence-electron chi connectivity index (χ0n) is 9.59. The molecule has 86 valence electrons. The van der Waals surface area contributed by atoms with Crippen LogP contribution in [0.15, 0.2) is 15.9 Å². The zero-order chi connectivity index (χ0) is 11.5. The predicted molar refractivity (Wildman–Crippen MR) is 71.2 cm³/mol. The van der Waals surface area contributed by atoms with Gasteiger partial charge in [-0.3, -0.25) is 4.90 Å². The second-order valence-corrected chi connectivity index (χ2v) is 6.35. The van der Waals surface area contributed by atoms with Crippen molar-refractivity contribution in [2.24, 2.45) is 5.73 Å². The lowest BCUT2D eigenvalue weighted by atomic mass is 9.99. The first-order chi connectivity index (χ1) is 6.95. The summed E-state index contributed by atoms with van der Waals surface area (Å²) < 4.78 is 1.17. The van der Waals surface area contributed by atoms with Crippen molar-refractivity contribution in [3.05, 3.63) is 20.8 Å². The van der Waals surface area contributed by atoms with Gasteiger partial charge < -0.3 is 5.73 Å². The standard InChI is InChI=1S/C11H19BrN2S/c1-11(2,4-5-13)14(3)7-10-6-9(12)8-15-10/h6,8H,4-5,7,13H2,1-3H3. The molecule has 0 bridgehead atoms. The Balaban J connectivity index is 2.58. The normalized spacial score (nSPS) is 12.4. The molecule has 1 aromatic heterocycles. The third kappa shape index (κ3) is 3.87. The van der Waals surface area contributed by atoms with Gasteiger partial charge in [-0.05, 0) is 55.9 Å². The molecule has 0 amide bonds. The topological polar surface area (TPSA) is 29.3 Å². The molecule has 2 N–H and O–H groups in total. The fourth-order valence-corrected chi connectivity index (χ4v) is 2.93. The second kappa shape index (κ2) is 5.43. The molecule has 0 atom stereocenters. The quantitative estimate of drug-likeness (QED) is 0.903. The summed E-state index contributed by atoms with van der Waals surface area (Å²) >= 11 is 5.27. The van der Waals surface area contributed by atoms with Crippen LogP contribution in [0, 0.1) is 0 Å². The predicted octanol–water partition coefficient (Wildman–Crippen LogP) is 3.07. The highest BCUT2D eigenvalue weighted by atomic mass is 79.9. The van der Waals surface area contributed by atoms with E-state index in [1.54, 1.807) is 11.3 Å². The lowest BCUT2D eigenvalue weighted by molar-refractivity contribution is 0.141. The van der Waals surface area contributed by atoms with Gasteiger partial charge in [-0.1, -0.05) is 0 Å². The van der Waals surface area contributed by atoms with Gasteiger partial charge in [0.05, 0.1) is 0 Å². The third-order valence-electron chi connectivity index (χ3n) is 2.80. The maximum Gasteiger partial charge on any atom is 0.0330 e. The van der Waals surface area contributed by atoms with Gasteiger partial charge in [-0.2, -0.15) is 0 Å². The SMILES string of the molecule is CN(Cc1cc(Br)cs1)C(C)(C)CCN. The van der Waals surface area contributed by atoms with E-state index in [1.165, 1.54) is 9.35 Å². The number of rotatable bonds is 5. The van der Waals surface area contributed by atoms with Crippen LogP contribution in [0.2, 0.25) is 0 Å². The fourth-order valence-electron chi connectivity index (χ4n) is 1.43. The number of hydrogen-bond acceptors (Lipinski definition) is 3. The Kier molecular flexibility index (Phi) is 4.77. The van der Waals surface area contributed by atoms with Crippen LogP contribution < -0.4 is 5.73 Å². The smallest absolute Gasteiger partial charge is 0.0330 e. The minimum atomic E-state index is 0.172. The first kappa shape index (κ1) is 13.2. The van der Waals surface area contributed by atoms with E-state index in [9.17, 15) is 0 Å². The van der Waals surface area contributed by atoms with E-state index in [0.717, 1.165) is 19.5 Å². The molecule has 2 nitrogen and oxygen atoms in total. The van der Waals surface area contributed by atoms with Crippen LogP contribution in [0.3, 0.4) is 0 Å². The van der Waals surface area contributed by atoms with Crippen LogP contribution in [0.4, 0.5) is 0 Å². The first-order valence-corrected chi connectivity index (χ1v) is 6.77. The summed E-state index contributed by atoms with van der Waals surface area (Å²) in [6.07, 6.45) is 1.02. The summed E-state index contributed by atoms with van der Waals surface area (Å²) in [6.45, 7) is 6.21. The zero-order valence-corrected chi connectivity index (χ0v) is 12.0. The number of halogens is 1. The van der Waals surface area contributed by atoms with Gasteiger partial charge in [0.25, 0.3) is 0 Å². The fraction of sp³-hybridized carbons (Fsp3) is 0.636. The van der Waals surface area contributed by atoms with Crippen LogP contribution >= 0.6 is 27.3 Å². The summed E-state index contributed by atoms with van der Waals surface area (Å²) in [5, 5.41) is 2.12. The van der Waals surface area contributed by atoms with Crippen LogP contribution in [-0.4, -0.2) is 24.0 Å². The molecule has 1 heterocycles. The van der Waals surface area contributed by atoms with Crippen molar-refractivity contribution in [2.75, 3.05) is 13.6 Å². The molecule has 0 aliphatic rings. The molecule has 0 unspecified atom stereocenters. The number of nitrogens with zero attached hydrogens (tertiary/aromatic N) is 1. The maximum absolute atomic E-state index is 5.62. The highest BCUT2D eigenvalue weighted by molar-refractivity contribution is 9.10. The van der Waals surface area contributed by atoms with Gasteiger partial charge in [-0.25, -0.2) is 0 Å². The van der Waals surface area contributed by atoms with E-state index < -0.39 is 0 Å². The Bertz CT molecular complexity index is 309. The second-order valence-electron chi connectivity index (χ2n) is 4.44. The Labute approximate surface area is 105 Å². The Hall–Kier alpha value is 0.1000. The molecular weight excluding hydrogens is 272 g/mol. The molecule has 0 saturated heterocycles. The molecule has 1 aromatic rings. The van der Waals surface area contributed by atoms with Crippen molar-refractivity contribution in [3.8, 4) is 0 Å². The summed E-state index contributed by atoms with van der Waals surface area (Å²) in [4.78, 5) is 3.74. The molecule has 0 saturated carbocycles. The first-order valence-electron chi connectivity index (χ1n) is 5.10. The molecule has 0 aliphatic carbocycles. The van der Waals surface area contributed by atoms with Crippen LogP contribution in [0.25, 0.3) is 0 Å². The number of hydrogen-bond donors (Lipinski definition) is 1. The monoisotopic (exact) mass is 290 g/mol. The van der Waals surface area contributed by atoms with Gasteiger partial charge in [-0.15, -0.1) is 11.3 Å². The molecule has 4 heteroatoms. The number of thiophene rings is 1. The maximum atomic E-state index is 5.62. The van der Waals surface area contributed by atoms with Gasteiger partial charge in [0.1, 0.15) is 0 Å². The molecule has 0 aromatic carbocycles. The van der Waals surface area contributed by atoms with Crippen molar-refractivity contribution in [2.45, 2.75) is 32.4 Å². The van der Waals surface area contributed by atoms with Crippen molar-refractivity contribution in [1.29, 1.82) is 0 Å². The molecule has 15 heavy (non-hydrogen) atoms. The van der Waals surface area contributed by atoms with E-state index in [1.807, 2.05) is 0 Å². The largest absolute Gasteiger partial charge is 0.330 e. The summed E-state index contributed by atoms with van der Waals surface area (Å²) in [7, 11) is 2.16. The Morgan fingerprint density at radius 1 is 1.53 bits per heavy atom. The van der Waals surface area contributed by atoms with Crippen molar-refractivity contribution < 1.29 is 0 Å². The van der Waals surface area contributed by atoms with Crippen LogP contribution in [0.1, 0.15) is 25.1 Å².